The van der Waals surface area contributed by atoms with Crippen molar-refractivity contribution in [3.63, 3.8) is 0 Å². The number of carbonyl (C=O) groups is 1. The Hall–Kier alpha value is -1.50. The van der Waals surface area contributed by atoms with E-state index in [1.54, 1.807) is 0 Å². The van der Waals surface area contributed by atoms with E-state index in [1.165, 1.54) is 11.3 Å². The average molecular weight is 351 g/mol. The lowest BCUT2D eigenvalue weighted by atomic mass is 9.93. The lowest BCUT2D eigenvalue weighted by Gasteiger charge is -2.26. The van der Waals surface area contributed by atoms with Crippen LogP contribution in [-0.2, 0) is 11.2 Å². The molecule has 1 fully saturated rings. The van der Waals surface area contributed by atoms with Crippen LogP contribution >= 0.6 is 22.9 Å². The molecule has 0 saturated carbocycles. The van der Waals surface area contributed by atoms with Gasteiger partial charge in [-0.25, -0.2) is 0 Å². The molecule has 0 bridgehead atoms. The lowest BCUT2D eigenvalue weighted by molar-refractivity contribution is -0.120. The third kappa shape index (κ3) is 4.50. The summed E-state index contributed by atoms with van der Waals surface area (Å²) < 4.78 is 0. The lowest BCUT2D eigenvalue weighted by Crippen LogP contribution is -2.40. The fourth-order valence-electron chi connectivity index (χ4n) is 2.77. The minimum Gasteiger partial charge on any atom is -0.314 e. The van der Waals surface area contributed by atoms with Crippen molar-refractivity contribution in [1.82, 2.24) is 15.5 Å². The Morgan fingerprint density at radius 3 is 3.13 bits per heavy atom. The van der Waals surface area contributed by atoms with Crippen molar-refractivity contribution in [3.05, 3.63) is 39.9 Å². The molecule has 1 aromatic heterocycles. The van der Waals surface area contributed by atoms with E-state index in [0.717, 1.165) is 30.0 Å². The first kappa shape index (κ1) is 16.4. The van der Waals surface area contributed by atoms with Crippen molar-refractivity contribution in [1.29, 1.82) is 0 Å². The van der Waals surface area contributed by atoms with Gasteiger partial charge in [-0.3, -0.25) is 4.79 Å². The second-order valence-corrected chi connectivity index (χ2v) is 7.37. The van der Waals surface area contributed by atoms with E-state index in [-0.39, 0.29) is 11.8 Å². The van der Waals surface area contributed by atoms with E-state index >= 15 is 0 Å². The monoisotopic (exact) mass is 350 g/mol. The molecule has 0 aliphatic carbocycles. The number of anilines is 1. The van der Waals surface area contributed by atoms with Crippen LogP contribution in [0.25, 0.3) is 0 Å². The Balaban J connectivity index is 1.59. The van der Waals surface area contributed by atoms with Crippen LogP contribution in [0.15, 0.2) is 24.3 Å². The molecule has 0 unspecified atom stereocenters. The second-order valence-electron chi connectivity index (χ2n) is 5.87. The maximum atomic E-state index is 12.3. The van der Waals surface area contributed by atoms with Gasteiger partial charge < -0.3 is 10.6 Å². The van der Waals surface area contributed by atoms with Crippen LogP contribution in [-0.4, -0.2) is 28.7 Å². The molecule has 2 N–H and O–H groups in total. The summed E-state index contributed by atoms with van der Waals surface area (Å²) in [5.41, 5.74) is 1.08. The quantitative estimate of drug-likeness (QED) is 0.889. The standard InChI is InChI=1S/C16H19ClN4OS/c1-10-7-12(5-6-18-10)15(22)19-16-21-20-14(23-16)9-11-3-2-4-13(17)8-11/h2-4,8,10,12,18H,5-7,9H2,1H3,(H,19,21,22)/t10-,12-/m0/s1. The number of nitrogens with one attached hydrogen (secondary N) is 2. The van der Waals surface area contributed by atoms with Crippen molar-refractivity contribution < 1.29 is 4.79 Å². The van der Waals surface area contributed by atoms with Crippen molar-refractivity contribution in [2.24, 2.45) is 5.92 Å². The van der Waals surface area contributed by atoms with Crippen LogP contribution in [0.5, 0.6) is 0 Å². The SMILES string of the molecule is C[C@H]1C[C@@H](C(=O)Nc2nnc(Cc3cccc(Cl)c3)s2)CCN1. The number of piperidine rings is 1. The van der Waals surface area contributed by atoms with Gasteiger partial charge in [-0.05, 0) is 44.0 Å². The fraction of sp³-hybridized carbons (Fsp3) is 0.438. The Bertz CT molecular complexity index is 690. The van der Waals surface area contributed by atoms with Crippen molar-refractivity contribution >= 4 is 34.0 Å². The largest absolute Gasteiger partial charge is 0.314 e. The Morgan fingerprint density at radius 1 is 1.48 bits per heavy atom. The number of nitrogens with zero attached hydrogens (tertiary/aromatic N) is 2. The van der Waals surface area contributed by atoms with E-state index in [9.17, 15) is 4.79 Å². The number of benzene rings is 1. The summed E-state index contributed by atoms with van der Waals surface area (Å²) >= 11 is 7.40. The summed E-state index contributed by atoms with van der Waals surface area (Å²) in [6, 6.07) is 8.06. The molecule has 0 radical (unpaired) electrons. The zero-order valence-corrected chi connectivity index (χ0v) is 14.5. The molecule has 122 valence electrons. The molecule has 1 aliphatic heterocycles. The highest BCUT2D eigenvalue weighted by atomic mass is 35.5. The zero-order chi connectivity index (χ0) is 16.2. The molecule has 2 heterocycles. The van der Waals surface area contributed by atoms with Gasteiger partial charge in [0.15, 0.2) is 0 Å². The van der Waals surface area contributed by atoms with Crippen LogP contribution in [0.4, 0.5) is 5.13 Å². The van der Waals surface area contributed by atoms with Gasteiger partial charge in [0.05, 0.1) is 0 Å². The number of hydrogen-bond acceptors (Lipinski definition) is 5. The normalized spacial score (nSPS) is 21.1. The minimum absolute atomic E-state index is 0.0452. The van der Waals surface area contributed by atoms with Crippen LogP contribution in [0.3, 0.4) is 0 Å². The molecule has 3 rings (SSSR count). The van der Waals surface area contributed by atoms with E-state index in [4.69, 9.17) is 11.6 Å². The highest BCUT2D eigenvalue weighted by Gasteiger charge is 2.25. The molecule has 2 atom stereocenters. The summed E-state index contributed by atoms with van der Waals surface area (Å²) in [6.45, 7) is 2.99. The first-order valence-corrected chi connectivity index (χ1v) is 8.90. The number of rotatable bonds is 4. The highest BCUT2D eigenvalue weighted by molar-refractivity contribution is 7.15. The average Bonchev–Trinajstić information content (AvgIpc) is 2.94. The van der Waals surface area contributed by atoms with E-state index in [2.05, 4.69) is 27.8 Å². The summed E-state index contributed by atoms with van der Waals surface area (Å²) in [5, 5.41) is 16.6. The molecule has 1 saturated heterocycles. The van der Waals surface area contributed by atoms with Crippen molar-refractivity contribution in [3.8, 4) is 0 Å². The summed E-state index contributed by atoms with van der Waals surface area (Å²) in [7, 11) is 0. The molecule has 23 heavy (non-hydrogen) atoms. The molecule has 2 aromatic rings. The summed E-state index contributed by atoms with van der Waals surface area (Å²) in [5.74, 6) is 0.0929. The number of amides is 1. The number of aromatic nitrogens is 2. The molecule has 0 spiro atoms. The van der Waals surface area contributed by atoms with Gasteiger partial charge in [0.1, 0.15) is 5.01 Å². The molecule has 1 amide bonds. The van der Waals surface area contributed by atoms with E-state index < -0.39 is 0 Å². The Kier molecular flexibility index (Phi) is 5.25. The van der Waals surface area contributed by atoms with Crippen LogP contribution < -0.4 is 10.6 Å². The van der Waals surface area contributed by atoms with Gasteiger partial charge in [0.2, 0.25) is 11.0 Å². The summed E-state index contributed by atoms with van der Waals surface area (Å²) in [6.07, 6.45) is 2.39. The number of halogens is 1. The summed E-state index contributed by atoms with van der Waals surface area (Å²) in [4.78, 5) is 12.3. The van der Waals surface area contributed by atoms with E-state index in [1.807, 2.05) is 24.3 Å². The molecule has 1 aliphatic rings. The third-order valence-corrected chi connectivity index (χ3v) is 5.01. The van der Waals surface area contributed by atoms with Gasteiger partial charge in [-0.1, -0.05) is 35.1 Å². The molecule has 5 nitrogen and oxygen atoms in total. The molecule has 7 heteroatoms. The van der Waals surface area contributed by atoms with Crippen LogP contribution in [0.1, 0.15) is 30.3 Å². The van der Waals surface area contributed by atoms with Gasteiger partial charge in [-0.15, -0.1) is 10.2 Å². The first-order chi connectivity index (χ1) is 11.1. The number of carbonyl (C=O) groups excluding carboxylic acids is 1. The smallest absolute Gasteiger partial charge is 0.229 e. The van der Waals surface area contributed by atoms with Crippen LogP contribution in [0, 0.1) is 5.92 Å². The fourth-order valence-corrected chi connectivity index (χ4v) is 3.76. The number of hydrogen-bond donors (Lipinski definition) is 2. The predicted octanol–water partition coefficient (Wildman–Crippen LogP) is 3.11. The minimum atomic E-state index is 0.0452. The molecular weight excluding hydrogens is 332 g/mol. The zero-order valence-electron chi connectivity index (χ0n) is 12.9. The Morgan fingerprint density at radius 2 is 2.35 bits per heavy atom. The molecular formula is C16H19ClN4OS. The maximum absolute atomic E-state index is 12.3. The Labute approximate surface area is 144 Å². The topological polar surface area (TPSA) is 66.9 Å². The van der Waals surface area contributed by atoms with Gasteiger partial charge in [0.25, 0.3) is 0 Å². The highest BCUT2D eigenvalue weighted by Crippen LogP contribution is 2.23. The van der Waals surface area contributed by atoms with Gasteiger partial charge in [-0.2, -0.15) is 0 Å². The van der Waals surface area contributed by atoms with Gasteiger partial charge in [0, 0.05) is 23.4 Å². The van der Waals surface area contributed by atoms with Crippen molar-refractivity contribution in [2.45, 2.75) is 32.2 Å². The maximum Gasteiger partial charge on any atom is 0.229 e. The first-order valence-electron chi connectivity index (χ1n) is 7.71. The predicted molar refractivity (Wildman–Crippen MR) is 93.0 cm³/mol. The van der Waals surface area contributed by atoms with Crippen molar-refractivity contribution in [2.75, 3.05) is 11.9 Å². The van der Waals surface area contributed by atoms with Gasteiger partial charge >= 0.3 is 0 Å². The molecule has 1 aromatic carbocycles. The second kappa shape index (κ2) is 7.38. The third-order valence-electron chi connectivity index (χ3n) is 3.94. The van der Waals surface area contributed by atoms with Crippen LogP contribution in [0.2, 0.25) is 5.02 Å². The van der Waals surface area contributed by atoms with E-state index in [0.29, 0.717) is 22.6 Å².